The summed E-state index contributed by atoms with van der Waals surface area (Å²) in [6, 6.07) is 16.4. The van der Waals surface area contributed by atoms with Crippen LogP contribution in [0.5, 0.6) is 0 Å². The summed E-state index contributed by atoms with van der Waals surface area (Å²) in [4.78, 5) is 45.1. The summed E-state index contributed by atoms with van der Waals surface area (Å²) in [5.74, 6) is -0.178. The molecule has 36 heavy (non-hydrogen) atoms. The molecule has 1 aliphatic heterocycles. The number of fused-ring (bicyclic) bond motifs is 1. The third-order valence-electron chi connectivity index (χ3n) is 6.17. The summed E-state index contributed by atoms with van der Waals surface area (Å²) in [5.41, 5.74) is 0.682. The molecule has 8 heteroatoms. The Bertz CT molecular complexity index is 1270. The first-order valence-corrected chi connectivity index (χ1v) is 12.3. The predicted molar refractivity (Wildman–Crippen MR) is 137 cm³/mol. The van der Waals surface area contributed by atoms with Crippen LogP contribution in [0.4, 0.5) is 4.79 Å². The molecule has 0 aliphatic carbocycles. The molecular weight excluding hydrogens is 458 g/mol. The highest BCUT2D eigenvalue weighted by Crippen LogP contribution is 2.26. The van der Waals surface area contributed by atoms with E-state index < -0.39 is 17.7 Å². The summed E-state index contributed by atoms with van der Waals surface area (Å²) >= 11 is 0. The number of ether oxygens (including phenoxy) is 2. The van der Waals surface area contributed by atoms with Crippen molar-refractivity contribution in [3.8, 4) is 0 Å². The average Bonchev–Trinajstić information content (AvgIpc) is 2.85. The summed E-state index contributed by atoms with van der Waals surface area (Å²) in [6.07, 6.45) is 2.13. The van der Waals surface area contributed by atoms with Crippen molar-refractivity contribution < 1.29 is 19.1 Å². The molecule has 2 heterocycles. The monoisotopic (exact) mass is 491 g/mol. The van der Waals surface area contributed by atoms with Gasteiger partial charge in [-0.2, -0.15) is 0 Å². The van der Waals surface area contributed by atoms with Crippen LogP contribution >= 0.6 is 0 Å². The number of amides is 1. The van der Waals surface area contributed by atoms with Gasteiger partial charge in [0.25, 0.3) is 5.56 Å². The van der Waals surface area contributed by atoms with E-state index in [1.165, 1.54) is 10.9 Å². The van der Waals surface area contributed by atoms with Gasteiger partial charge in [-0.15, -0.1) is 0 Å². The molecule has 1 saturated heterocycles. The number of carbonyl (C=O) groups is 2. The second-order valence-corrected chi connectivity index (χ2v) is 10.2. The van der Waals surface area contributed by atoms with E-state index in [0.29, 0.717) is 24.1 Å². The van der Waals surface area contributed by atoms with Crippen LogP contribution in [0.25, 0.3) is 10.9 Å². The molecule has 0 saturated carbocycles. The Morgan fingerprint density at radius 1 is 1.06 bits per heavy atom. The molecule has 4 rings (SSSR count). The number of piperidine rings is 1. The van der Waals surface area contributed by atoms with E-state index in [1.807, 2.05) is 57.2 Å². The molecule has 1 aromatic heterocycles. The quantitative estimate of drug-likeness (QED) is 0.488. The zero-order chi connectivity index (χ0) is 25.7. The number of carbonyl (C=O) groups excluding carboxylic acids is 2. The number of para-hydroxylation sites is 1. The van der Waals surface area contributed by atoms with Gasteiger partial charge >= 0.3 is 6.09 Å². The van der Waals surface area contributed by atoms with Gasteiger partial charge in [0.15, 0.2) is 5.78 Å². The lowest BCUT2D eigenvalue weighted by Gasteiger charge is -2.41. The maximum absolute atomic E-state index is 13.2. The molecule has 0 bridgehead atoms. The van der Waals surface area contributed by atoms with E-state index in [0.717, 1.165) is 18.4 Å². The van der Waals surface area contributed by atoms with Crippen LogP contribution in [0.15, 0.2) is 65.7 Å². The van der Waals surface area contributed by atoms with Crippen molar-refractivity contribution in [2.24, 2.45) is 0 Å². The van der Waals surface area contributed by atoms with E-state index in [9.17, 15) is 14.4 Å². The summed E-state index contributed by atoms with van der Waals surface area (Å²) in [7, 11) is 0. The van der Waals surface area contributed by atoms with Crippen LogP contribution in [0.1, 0.15) is 45.6 Å². The molecule has 2 atom stereocenters. The van der Waals surface area contributed by atoms with Crippen molar-refractivity contribution >= 4 is 22.8 Å². The van der Waals surface area contributed by atoms with E-state index >= 15 is 0 Å². The minimum absolute atomic E-state index is 0.0535. The lowest BCUT2D eigenvalue weighted by molar-refractivity contribution is -0.124. The van der Waals surface area contributed by atoms with Gasteiger partial charge in [0.05, 0.1) is 42.5 Å². The fourth-order valence-corrected chi connectivity index (χ4v) is 4.49. The van der Waals surface area contributed by atoms with Crippen molar-refractivity contribution in [3.05, 3.63) is 76.8 Å². The number of rotatable bonds is 7. The van der Waals surface area contributed by atoms with Crippen molar-refractivity contribution in [3.63, 3.8) is 0 Å². The normalized spacial score (nSPS) is 18.2. The maximum Gasteiger partial charge on any atom is 0.410 e. The summed E-state index contributed by atoms with van der Waals surface area (Å²) < 4.78 is 13.2. The standard InChI is InChI=1S/C28H33N3O5/c1-28(2,3)36-27(34)31-15-9-14-25(35-18-20-10-5-4-6-11-20)24(31)16-21(32)17-30-19-29-23-13-8-7-12-22(23)26(30)33/h4-8,10-13,19,24-25H,9,14-18H2,1-3H3/t24-,25-/m0/s1. The molecule has 0 unspecified atom stereocenters. The molecule has 0 spiro atoms. The highest BCUT2D eigenvalue weighted by atomic mass is 16.6. The molecule has 1 fully saturated rings. The minimum Gasteiger partial charge on any atom is -0.444 e. The largest absolute Gasteiger partial charge is 0.444 e. The van der Waals surface area contributed by atoms with Crippen LogP contribution in [-0.4, -0.2) is 50.6 Å². The molecule has 2 aromatic carbocycles. The number of aromatic nitrogens is 2. The summed E-state index contributed by atoms with van der Waals surface area (Å²) in [5, 5.41) is 0.463. The van der Waals surface area contributed by atoms with Gasteiger partial charge in [0.1, 0.15) is 5.60 Å². The molecule has 8 nitrogen and oxygen atoms in total. The minimum atomic E-state index is -0.659. The van der Waals surface area contributed by atoms with Crippen LogP contribution in [-0.2, 0) is 27.4 Å². The summed E-state index contributed by atoms with van der Waals surface area (Å²) in [6.45, 7) is 6.19. The van der Waals surface area contributed by atoms with Gasteiger partial charge in [0, 0.05) is 13.0 Å². The third-order valence-corrected chi connectivity index (χ3v) is 6.17. The Labute approximate surface area is 210 Å². The second kappa shape index (κ2) is 11.0. The van der Waals surface area contributed by atoms with Crippen molar-refractivity contribution in [1.82, 2.24) is 14.5 Å². The molecular formula is C28H33N3O5. The van der Waals surface area contributed by atoms with Crippen LogP contribution < -0.4 is 5.56 Å². The van der Waals surface area contributed by atoms with Gasteiger partial charge in [-0.3, -0.25) is 14.2 Å². The van der Waals surface area contributed by atoms with E-state index in [4.69, 9.17) is 9.47 Å². The van der Waals surface area contributed by atoms with Gasteiger partial charge in [-0.1, -0.05) is 42.5 Å². The first-order valence-electron chi connectivity index (χ1n) is 12.3. The van der Waals surface area contributed by atoms with Crippen LogP contribution in [0.2, 0.25) is 0 Å². The Morgan fingerprint density at radius 2 is 1.78 bits per heavy atom. The number of ketones is 1. The van der Waals surface area contributed by atoms with Gasteiger partial charge in [0.2, 0.25) is 0 Å². The highest BCUT2D eigenvalue weighted by molar-refractivity contribution is 5.81. The Hall–Kier alpha value is -3.52. The van der Waals surface area contributed by atoms with E-state index in [-0.39, 0.29) is 30.4 Å². The number of hydrogen-bond acceptors (Lipinski definition) is 6. The third kappa shape index (κ3) is 6.37. The molecule has 1 aliphatic rings. The molecule has 1 amide bonds. The average molecular weight is 492 g/mol. The van der Waals surface area contributed by atoms with Crippen molar-refractivity contribution in [1.29, 1.82) is 0 Å². The fourth-order valence-electron chi connectivity index (χ4n) is 4.49. The predicted octanol–water partition coefficient (Wildman–Crippen LogP) is 4.34. The smallest absolute Gasteiger partial charge is 0.410 e. The van der Waals surface area contributed by atoms with Crippen molar-refractivity contribution in [2.45, 2.75) is 70.9 Å². The molecule has 3 aromatic rings. The first-order chi connectivity index (χ1) is 17.2. The number of Topliss-reactive ketones (excluding diaryl/α,β-unsaturated/α-hetero) is 1. The van der Waals surface area contributed by atoms with Crippen molar-refractivity contribution in [2.75, 3.05) is 6.54 Å². The topological polar surface area (TPSA) is 90.7 Å². The van der Waals surface area contributed by atoms with Crippen LogP contribution in [0.3, 0.4) is 0 Å². The zero-order valence-corrected chi connectivity index (χ0v) is 21.1. The van der Waals surface area contributed by atoms with Gasteiger partial charge in [-0.05, 0) is 51.3 Å². The number of nitrogens with zero attached hydrogens (tertiary/aromatic N) is 3. The second-order valence-electron chi connectivity index (χ2n) is 10.2. The van der Waals surface area contributed by atoms with Crippen LogP contribution in [0, 0.1) is 0 Å². The molecule has 190 valence electrons. The van der Waals surface area contributed by atoms with E-state index in [1.54, 1.807) is 23.1 Å². The van der Waals surface area contributed by atoms with E-state index in [2.05, 4.69) is 4.98 Å². The number of hydrogen-bond donors (Lipinski definition) is 0. The first kappa shape index (κ1) is 25.6. The number of benzene rings is 2. The molecule has 0 N–H and O–H groups in total. The Balaban J connectivity index is 1.53. The molecule has 0 radical (unpaired) electrons. The maximum atomic E-state index is 13.2. The zero-order valence-electron chi connectivity index (χ0n) is 21.1. The van der Waals surface area contributed by atoms with Gasteiger partial charge in [-0.25, -0.2) is 9.78 Å². The lowest BCUT2D eigenvalue weighted by Crippen LogP contribution is -2.54. The van der Waals surface area contributed by atoms with Gasteiger partial charge < -0.3 is 14.4 Å². The fraction of sp³-hybridized carbons (Fsp3) is 0.429. The SMILES string of the molecule is CC(C)(C)OC(=O)N1CCC[C@H](OCc2ccccc2)[C@@H]1CC(=O)Cn1cnc2ccccc2c1=O. The Kier molecular flexibility index (Phi) is 7.84. The highest BCUT2D eigenvalue weighted by Gasteiger charge is 2.38. The lowest BCUT2D eigenvalue weighted by atomic mass is 9.94. The number of likely N-dealkylation sites (tertiary alicyclic amines) is 1. The Morgan fingerprint density at radius 3 is 2.53 bits per heavy atom.